The predicted octanol–water partition coefficient (Wildman–Crippen LogP) is 5.72. The summed E-state index contributed by atoms with van der Waals surface area (Å²) < 4.78 is 17.5. The minimum Gasteiger partial charge on any atom is -0.357 e. The number of pyridine rings is 2. The van der Waals surface area contributed by atoms with E-state index in [9.17, 15) is 14.0 Å². The summed E-state index contributed by atoms with van der Waals surface area (Å²) in [5.74, 6) is 0.558. The largest absolute Gasteiger partial charge is 0.357 e. The molecule has 0 unspecified atom stereocenters. The van der Waals surface area contributed by atoms with Crippen LogP contribution in [0.2, 0.25) is 0 Å². The van der Waals surface area contributed by atoms with E-state index in [0.717, 1.165) is 65.0 Å². The van der Waals surface area contributed by atoms with Crippen molar-refractivity contribution < 1.29 is 9.18 Å². The molecule has 43 heavy (non-hydrogen) atoms. The summed E-state index contributed by atoms with van der Waals surface area (Å²) in [7, 11) is 0. The molecule has 0 bridgehead atoms. The highest BCUT2D eigenvalue weighted by molar-refractivity contribution is 5.92. The normalized spacial score (nSPS) is 13.9. The van der Waals surface area contributed by atoms with E-state index in [4.69, 9.17) is 0 Å². The molecular formula is C33H34FN7O2. The molecule has 1 N–H and O–H groups in total. The third kappa shape index (κ3) is 5.64. The molecule has 220 valence electrons. The second-order valence-corrected chi connectivity index (χ2v) is 11.2. The summed E-state index contributed by atoms with van der Waals surface area (Å²) in [5.41, 5.74) is 3.88. The lowest BCUT2D eigenvalue weighted by Gasteiger charge is -2.19. The molecule has 1 saturated heterocycles. The highest BCUT2D eigenvalue weighted by atomic mass is 19.1. The van der Waals surface area contributed by atoms with E-state index in [1.807, 2.05) is 49.7 Å². The van der Waals surface area contributed by atoms with Crippen molar-refractivity contribution in [2.45, 2.75) is 46.6 Å². The number of amides is 1. The van der Waals surface area contributed by atoms with Crippen molar-refractivity contribution in [3.05, 3.63) is 94.7 Å². The molecule has 5 heterocycles. The molecule has 0 aliphatic carbocycles. The summed E-state index contributed by atoms with van der Waals surface area (Å²) in [4.78, 5) is 42.6. The molecule has 10 heteroatoms. The smallest absolute Gasteiger partial charge is 0.277 e. The third-order valence-electron chi connectivity index (χ3n) is 8.16. The Hall–Kier alpha value is -4.86. The summed E-state index contributed by atoms with van der Waals surface area (Å²) in [5, 5.41) is 3.60. The van der Waals surface area contributed by atoms with E-state index < -0.39 is 0 Å². The number of rotatable bonds is 8. The molecule has 9 nitrogen and oxygen atoms in total. The van der Waals surface area contributed by atoms with Gasteiger partial charge in [0.1, 0.15) is 23.1 Å². The SMILES string of the molecule is CC[C@@H](C)C(=O)Nc1cnc(-c2ccnc(N3CCCC3)c2)n(Cc2cncc(-n3cc(C)c4cc(F)ccc43)c2)c1=O. The van der Waals surface area contributed by atoms with Crippen molar-refractivity contribution in [3.8, 4) is 17.1 Å². The van der Waals surface area contributed by atoms with Crippen molar-refractivity contribution in [2.24, 2.45) is 5.92 Å². The van der Waals surface area contributed by atoms with Crippen LogP contribution in [-0.2, 0) is 11.3 Å². The molecule has 1 atom stereocenters. The van der Waals surface area contributed by atoms with Crippen LogP contribution in [-0.4, -0.2) is 43.1 Å². The van der Waals surface area contributed by atoms with Gasteiger partial charge in [0.25, 0.3) is 5.56 Å². The monoisotopic (exact) mass is 579 g/mol. The molecule has 0 radical (unpaired) electrons. The lowest BCUT2D eigenvalue weighted by atomic mass is 10.1. The van der Waals surface area contributed by atoms with Crippen molar-refractivity contribution in [1.82, 2.24) is 24.1 Å². The van der Waals surface area contributed by atoms with Crippen LogP contribution in [0.3, 0.4) is 0 Å². The van der Waals surface area contributed by atoms with Gasteiger partial charge >= 0.3 is 0 Å². The maximum Gasteiger partial charge on any atom is 0.277 e. The number of benzene rings is 1. The molecule has 4 aromatic heterocycles. The average Bonchev–Trinajstić information content (AvgIpc) is 3.67. The first-order chi connectivity index (χ1) is 20.8. The molecule has 1 amide bonds. The van der Waals surface area contributed by atoms with Crippen LogP contribution in [0.25, 0.3) is 28.0 Å². The van der Waals surface area contributed by atoms with E-state index in [1.165, 1.54) is 18.3 Å². The molecule has 1 aliphatic heterocycles. The van der Waals surface area contributed by atoms with Gasteiger partial charge in [-0.05, 0) is 73.7 Å². The number of aryl methyl sites for hydroxylation is 1. The van der Waals surface area contributed by atoms with E-state index >= 15 is 0 Å². The fourth-order valence-electron chi connectivity index (χ4n) is 5.53. The first-order valence-electron chi connectivity index (χ1n) is 14.7. The molecular weight excluding hydrogens is 545 g/mol. The number of carbonyl (C=O) groups is 1. The Morgan fingerprint density at radius 2 is 1.88 bits per heavy atom. The zero-order valence-electron chi connectivity index (χ0n) is 24.5. The zero-order valence-corrected chi connectivity index (χ0v) is 24.5. The highest BCUT2D eigenvalue weighted by Gasteiger charge is 2.20. The van der Waals surface area contributed by atoms with Crippen LogP contribution in [0.5, 0.6) is 0 Å². The van der Waals surface area contributed by atoms with E-state index in [0.29, 0.717) is 12.2 Å². The van der Waals surface area contributed by atoms with Gasteiger partial charge in [-0.15, -0.1) is 0 Å². The molecule has 1 aliphatic rings. The van der Waals surface area contributed by atoms with E-state index in [-0.39, 0.29) is 35.4 Å². The number of hydrogen-bond acceptors (Lipinski definition) is 6. The zero-order chi connectivity index (χ0) is 30.1. The van der Waals surface area contributed by atoms with Gasteiger partial charge in [-0.1, -0.05) is 13.8 Å². The van der Waals surface area contributed by atoms with Crippen LogP contribution in [0.4, 0.5) is 15.9 Å². The molecule has 6 rings (SSSR count). The van der Waals surface area contributed by atoms with Gasteiger partial charge in [0.05, 0.1) is 30.1 Å². The topological polar surface area (TPSA) is 97.9 Å². The predicted molar refractivity (Wildman–Crippen MR) is 166 cm³/mol. The highest BCUT2D eigenvalue weighted by Crippen LogP contribution is 2.27. The minimum absolute atomic E-state index is 0.126. The molecule has 5 aromatic rings. The maximum absolute atomic E-state index is 13.9. The second-order valence-electron chi connectivity index (χ2n) is 11.2. The van der Waals surface area contributed by atoms with Crippen LogP contribution >= 0.6 is 0 Å². The summed E-state index contributed by atoms with van der Waals surface area (Å²) in [6.07, 6.45) is 11.5. The van der Waals surface area contributed by atoms with E-state index in [1.54, 1.807) is 29.2 Å². The summed E-state index contributed by atoms with van der Waals surface area (Å²) in [6, 6.07) is 10.5. The number of nitrogens with one attached hydrogen (secondary N) is 1. The maximum atomic E-state index is 13.9. The van der Waals surface area contributed by atoms with Crippen LogP contribution in [0, 0.1) is 18.7 Å². The third-order valence-corrected chi connectivity index (χ3v) is 8.16. The van der Waals surface area contributed by atoms with Crippen molar-refractivity contribution >= 4 is 28.3 Å². The Kier molecular flexibility index (Phi) is 7.75. The first-order valence-corrected chi connectivity index (χ1v) is 14.7. The molecule has 1 aromatic carbocycles. The summed E-state index contributed by atoms with van der Waals surface area (Å²) in [6.45, 7) is 7.74. The number of carbonyl (C=O) groups excluding carboxylic acids is 1. The van der Waals surface area contributed by atoms with Gasteiger partial charge in [0.15, 0.2) is 0 Å². The lowest BCUT2D eigenvalue weighted by molar-refractivity contribution is -0.119. The van der Waals surface area contributed by atoms with Crippen LogP contribution < -0.4 is 15.8 Å². The van der Waals surface area contributed by atoms with Gasteiger partial charge < -0.3 is 14.8 Å². The Morgan fingerprint density at radius 3 is 2.67 bits per heavy atom. The van der Waals surface area contributed by atoms with Crippen molar-refractivity contribution in [1.29, 1.82) is 0 Å². The van der Waals surface area contributed by atoms with Gasteiger partial charge in [0.2, 0.25) is 5.91 Å². The van der Waals surface area contributed by atoms with Gasteiger partial charge in [-0.25, -0.2) is 14.4 Å². The Balaban J connectivity index is 1.42. The Bertz CT molecular complexity index is 1870. The quantitative estimate of drug-likeness (QED) is 0.252. The van der Waals surface area contributed by atoms with Crippen LogP contribution in [0.15, 0.2) is 72.2 Å². The minimum atomic E-state index is -0.357. The lowest BCUT2D eigenvalue weighted by Crippen LogP contribution is -2.30. The number of fused-ring (bicyclic) bond motifs is 1. The Labute approximate surface area is 249 Å². The number of nitrogens with zero attached hydrogens (tertiary/aromatic N) is 6. The molecule has 0 saturated carbocycles. The number of anilines is 2. The van der Waals surface area contributed by atoms with Gasteiger partial charge in [-0.2, -0.15) is 0 Å². The average molecular weight is 580 g/mol. The van der Waals surface area contributed by atoms with Gasteiger partial charge in [-0.3, -0.25) is 19.1 Å². The standard InChI is InChI=1S/C33H34FN7O2/c1-4-21(2)32(42)38-28-18-37-31(24-9-10-36-30(14-24)39-11-5-6-12-39)41(33(28)43)20-23-13-26(17-35-16-23)40-19-22(3)27-15-25(34)7-8-29(27)40/h7-10,13-19,21H,4-6,11-12,20H2,1-3H3,(H,38,42)/t21-/m1/s1. The molecule has 0 spiro atoms. The number of aromatic nitrogens is 5. The van der Waals surface area contributed by atoms with E-state index in [2.05, 4.69) is 25.2 Å². The van der Waals surface area contributed by atoms with Crippen molar-refractivity contribution in [2.75, 3.05) is 23.3 Å². The Morgan fingerprint density at radius 1 is 1.07 bits per heavy atom. The number of hydrogen-bond donors (Lipinski definition) is 1. The fraction of sp³-hybridized carbons (Fsp3) is 0.303. The van der Waals surface area contributed by atoms with Crippen molar-refractivity contribution in [3.63, 3.8) is 0 Å². The first kappa shape index (κ1) is 28.3. The molecule has 1 fully saturated rings. The summed E-state index contributed by atoms with van der Waals surface area (Å²) >= 11 is 0. The second kappa shape index (κ2) is 11.8. The number of halogens is 1. The van der Waals surface area contributed by atoms with Crippen LogP contribution in [0.1, 0.15) is 44.2 Å². The van der Waals surface area contributed by atoms with Gasteiger partial charge in [0, 0.05) is 48.5 Å². The fourth-order valence-corrected chi connectivity index (χ4v) is 5.53.